The second-order valence-electron chi connectivity index (χ2n) is 2.37. The number of hydrogen-bond donors (Lipinski definition) is 2. The van der Waals surface area contributed by atoms with Crippen LogP contribution in [0.25, 0.3) is 5.95 Å². The quantitative estimate of drug-likeness (QED) is 0.654. The Labute approximate surface area is 81.5 Å². The van der Waals surface area contributed by atoms with Gasteiger partial charge in [-0.25, -0.2) is 15.0 Å². The van der Waals surface area contributed by atoms with E-state index in [0.29, 0.717) is 0 Å². The van der Waals surface area contributed by atoms with Crippen LogP contribution in [-0.2, 0) is 6.56 Å². The molecule has 0 unspecified atom stereocenters. The lowest BCUT2D eigenvalue weighted by molar-refractivity contribution is 0.271. The van der Waals surface area contributed by atoms with Crippen molar-refractivity contribution in [1.29, 1.82) is 0 Å². The zero-order valence-electron chi connectivity index (χ0n) is 8.86. The van der Waals surface area contributed by atoms with E-state index in [4.69, 9.17) is 13.0 Å². The molecule has 0 fully saturated rings. The number of aliphatic hydroxyl groups is 1. The molecule has 0 atom stereocenters. The molecule has 0 aliphatic carbocycles. The highest BCUT2D eigenvalue weighted by Crippen LogP contribution is 2.04. The van der Waals surface area contributed by atoms with Gasteiger partial charge >= 0.3 is 0 Å². The van der Waals surface area contributed by atoms with Gasteiger partial charge in [0.1, 0.15) is 12.9 Å². The molecule has 0 spiro atoms. The van der Waals surface area contributed by atoms with Crippen molar-refractivity contribution in [2.24, 2.45) is 0 Å². The highest BCUT2D eigenvalue weighted by Gasteiger charge is 2.03. The minimum atomic E-state index is -2.61. The molecule has 0 saturated heterocycles. The van der Waals surface area contributed by atoms with E-state index in [2.05, 4.69) is 20.1 Å². The first-order valence-corrected chi connectivity index (χ1v) is 3.63. The second-order valence-corrected chi connectivity index (χ2v) is 2.37. The van der Waals surface area contributed by atoms with Crippen LogP contribution in [0.1, 0.15) is 8.57 Å². The van der Waals surface area contributed by atoms with E-state index in [0.717, 1.165) is 23.4 Å². The van der Waals surface area contributed by atoms with Crippen molar-refractivity contribution >= 4 is 0 Å². The SMILES string of the molecule is [2H]C([2H])(O)c1ncn(-c2ncc(O)cn2)n1. The fourth-order valence-electron chi connectivity index (χ4n) is 0.843. The predicted octanol–water partition coefficient (Wildman–Crippen LogP) is -0.745. The van der Waals surface area contributed by atoms with Crippen molar-refractivity contribution in [2.75, 3.05) is 0 Å². The molecule has 0 aliphatic rings. The highest BCUT2D eigenvalue weighted by molar-refractivity contribution is 5.15. The lowest BCUT2D eigenvalue weighted by Crippen LogP contribution is -2.01. The average Bonchev–Trinajstić information content (AvgIpc) is 2.67. The van der Waals surface area contributed by atoms with E-state index in [-0.39, 0.29) is 17.5 Å². The molecule has 0 saturated carbocycles. The molecule has 2 heterocycles. The van der Waals surface area contributed by atoms with E-state index in [1.165, 1.54) is 0 Å². The van der Waals surface area contributed by atoms with Crippen LogP contribution >= 0.6 is 0 Å². The number of aromatic hydroxyl groups is 1. The third-order valence-electron chi connectivity index (χ3n) is 1.42. The summed E-state index contributed by atoms with van der Waals surface area (Å²) in [7, 11) is 0. The van der Waals surface area contributed by atoms with Gasteiger partial charge in [0.15, 0.2) is 11.6 Å². The largest absolute Gasteiger partial charge is 0.505 e. The predicted molar refractivity (Wildman–Crippen MR) is 44.5 cm³/mol. The monoisotopic (exact) mass is 195 g/mol. The van der Waals surface area contributed by atoms with Crippen molar-refractivity contribution in [2.45, 2.75) is 6.56 Å². The van der Waals surface area contributed by atoms with Gasteiger partial charge in [-0.3, -0.25) is 0 Å². The molecule has 2 aromatic heterocycles. The van der Waals surface area contributed by atoms with Crippen molar-refractivity contribution < 1.29 is 13.0 Å². The van der Waals surface area contributed by atoms with Gasteiger partial charge in [-0.2, -0.15) is 4.68 Å². The van der Waals surface area contributed by atoms with Crippen LogP contribution in [-0.4, -0.2) is 34.9 Å². The molecule has 0 amide bonds. The summed E-state index contributed by atoms with van der Waals surface area (Å²) in [5, 5.41) is 21.6. The first kappa shape index (κ1) is 6.44. The second kappa shape index (κ2) is 3.38. The first-order valence-electron chi connectivity index (χ1n) is 4.63. The Morgan fingerprint density at radius 3 is 2.64 bits per heavy atom. The smallest absolute Gasteiger partial charge is 0.252 e. The summed E-state index contributed by atoms with van der Waals surface area (Å²) >= 11 is 0. The zero-order chi connectivity index (χ0) is 11.8. The maximum absolute atomic E-state index is 9.01. The van der Waals surface area contributed by atoms with E-state index in [1.54, 1.807) is 0 Å². The Balaban J connectivity index is 2.35. The summed E-state index contributed by atoms with van der Waals surface area (Å²) in [5.41, 5.74) is 0. The summed E-state index contributed by atoms with van der Waals surface area (Å²) in [5.74, 6) is -0.369. The molecule has 0 bridgehead atoms. The van der Waals surface area contributed by atoms with Crippen molar-refractivity contribution in [1.82, 2.24) is 24.7 Å². The van der Waals surface area contributed by atoms with Gasteiger partial charge in [0, 0.05) is 0 Å². The Bertz CT molecular complexity index is 492. The molecule has 7 nitrogen and oxygen atoms in total. The molecule has 2 N–H and O–H groups in total. The van der Waals surface area contributed by atoms with Crippen LogP contribution in [0.4, 0.5) is 0 Å². The summed E-state index contributed by atoms with van der Waals surface area (Å²) in [6.45, 7) is -2.61. The Kier molecular flexibility index (Phi) is 1.56. The average molecular weight is 195 g/mol. The molecular formula is C7H7N5O2. The van der Waals surface area contributed by atoms with Crippen molar-refractivity contribution in [3.8, 4) is 11.7 Å². The van der Waals surface area contributed by atoms with Gasteiger partial charge in [0.05, 0.1) is 15.1 Å². The molecule has 0 aliphatic heterocycles. The maximum Gasteiger partial charge on any atom is 0.252 e. The van der Waals surface area contributed by atoms with Crippen molar-refractivity contribution in [3.63, 3.8) is 0 Å². The molecule has 0 radical (unpaired) electrons. The van der Waals surface area contributed by atoms with Crippen molar-refractivity contribution in [3.05, 3.63) is 24.5 Å². The molecule has 2 aromatic rings. The molecule has 14 heavy (non-hydrogen) atoms. The standard InChI is InChI=1S/C7H7N5O2/c13-3-6-10-4-12(11-6)7-8-1-5(14)2-9-7/h1-2,4,13-14H,3H2/i3D2. The molecular weight excluding hydrogens is 186 g/mol. The molecule has 72 valence electrons. The summed E-state index contributed by atoms with van der Waals surface area (Å²) in [6, 6.07) is 0. The third kappa shape index (κ3) is 1.52. The van der Waals surface area contributed by atoms with Crippen LogP contribution in [0.2, 0.25) is 0 Å². The Morgan fingerprint density at radius 1 is 1.36 bits per heavy atom. The van der Waals surface area contributed by atoms with Gasteiger partial charge in [0.25, 0.3) is 5.95 Å². The lowest BCUT2D eigenvalue weighted by atomic mass is 10.6. The number of rotatable bonds is 2. The van der Waals surface area contributed by atoms with Crippen LogP contribution in [0.5, 0.6) is 5.75 Å². The van der Waals surface area contributed by atoms with Crippen LogP contribution in [0, 0.1) is 0 Å². The van der Waals surface area contributed by atoms with Crippen LogP contribution < -0.4 is 0 Å². The maximum atomic E-state index is 9.01. The number of hydrogen-bond acceptors (Lipinski definition) is 6. The van der Waals surface area contributed by atoms with Gasteiger partial charge < -0.3 is 10.2 Å². The minimum Gasteiger partial charge on any atom is -0.505 e. The highest BCUT2D eigenvalue weighted by atomic mass is 16.3. The topological polar surface area (TPSA) is 97.0 Å². The van der Waals surface area contributed by atoms with E-state index in [9.17, 15) is 0 Å². The zero-order valence-corrected chi connectivity index (χ0v) is 6.86. The van der Waals surface area contributed by atoms with Gasteiger partial charge in [0.2, 0.25) is 0 Å². The summed E-state index contributed by atoms with van der Waals surface area (Å²) in [4.78, 5) is 11.0. The van der Waals surface area contributed by atoms with E-state index in [1.807, 2.05) is 0 Å². The van der Waals surface area contributed by atoms with Crippen LogP contribution in [0.15, 0.2) is 18.7 Å². The lowest BCUT2D eigenvalue weighted by Gasteiger charge is -1.96. The molecule has 0 aromatic carbocycles. The Morgan fingerprint density at radius 2 is 2.07 bits per heavy atom. The summed E-state index contributed by atoms with van der Waals surface area (Å²) < 4.78 is 15.1. The van der Waals surface area contributed by atoms with Gasteiger partial charge in [-0.05, 0) is 0 Å². The fourth-order valence-corrected chi connectivity index (χ4v) is 0.843. The van der Waals surface area contributed by atoms with Crippen LogP contribution in [0.3, 0.4) is 0 Å². The van der Waals surface area contributed by atoms with E-state index >= 15 is 0 Å². The van der Waals surface area contributed by atoms with Gasteiger partial charge in [-0.1, -0.05) is 0 Å². The Hall–Kier alpha value is -2.02. The number of aromatic nitrogens is 5. The molecule has 2 rings (SSSR count). The molecule has 7 heteroatoms. The fraction of sp³-hybridized carbons (Fsp3) is 0.143. The minimum absolute atomic E-state index is 0.0958. The summed E-state index contributed by atoms with van der Waals surface area (Å²) in [6.07, 6.45) is 3.49. The normalized spacial score (nSPS) is 13.5. The third-order valence-corrected chi connectivity index (χ3v) is 1.42. The first-order chi connectivity index (χ1) is 7.47. The number of nitrogens with zero attached hydrogens (tertiary/aromatic N) is 5. The van der Waals surface area contributed by atoms with Gasteiger partial charge in [-0.15, -0.1) is 5.10 Å². The van der Waals surface area contributed by atoms with E-state index < -0.39 is 6.56 Å².